The molecule has 0 aliphatic carbocycles. The van der Waals surface area contributed by atoms with Gasteiger partial charge in [-0.15, -0.1) is 0 Å². The fraction of sp³-hybridized carbons (Fsp3) is 0.167. The Morgan fingerprint density at radius 1 is 1.47 bits per heavy atom. The summed E-state index contributed by atoms with van der Waals surface area (Å²) in [6, 6.07) is 5.08. The van der Waals surface area contributed by atoms with Gasteiger partial charge in [0.2, 0.25) is 0 Å². The van der Waals surface area contributed by atoms with Crippen molar-refractivity contribution in [3.8, 4) is 5.75 Å². The molecule has 5 heteroatoms. The smallest absolute Gasteiger partial charge is 0.139 e. The molecule has 0 saturated heterocycles. The molecule has 1 atom stereocenters. The number of hydrogen-bond acceptors (Lipinski definition) is 3. The first kappa shape index (κ1) is 12.5. The van der Waals surface area contributed by atoms with Gasteiger partial charge in [-0.25, -0.2) is 0 Å². The van der Waals surface area contributed by atoms with E-state index in [1.165, 1.54) is 12.5 Å². The molecule has 1 aromatic carbocycles. The molecular weight excluding hydrogens is 307 g/mol. The van der Waals surface area contributed by atoms with Crippen LogP contribution in [-0.2, 0) is 0 Å². The Hall–Kier alpha value is -0.970. The Bertz CT molecular complexity index is 511. The first-order valence-electron chi connectivity index (χ1n) is 4.86. The van der Waals surface area contributed by atoms with Gasteiger partial charge in [-0.1, -0.05) is 11.6 Å². The van der Waals surface area contributed by atoms with Gasteiger partial charge >= 0.3 is 0 Å². The highest BCUT2D eigenvalue weighted by molar-refractivity contribution is 9.10. The summed E-state index contributed by atoms with van der Waals surface area (Å²) >= 11 is 9.31. The van der Waals surface area contributed by atoms with E-state index in [0.717, 1.165) is 0 Å². The fourth-order valence-electron chi connectivity index (χ4n) is 1.61. The quantitative estimate of drug-likeness (QED) is 0.936. The van der Waals surface area contributed by atoms with E-state index in [2.05, 4.69) is 15.9 Å². The second kappa shape index (κ2) is 5.12. The van der Waals surface area contributed by atoms with Crippen molar-refractivity contribution < 1.29 is 14.3 Å². The number of halogens is 2. The Balaban J connectivity index is 2.50. The molecule has 2 aromatic rings. The van der Waals surface area contributed by atoms with E-state index in [0.29, 0.717) is 26.4 Å². The molecular formula is C12H10BrClO3. The van der Waals surface area contributed by atoms with E-state index >= 15 is 0 Å². The lowest BCUT2D eigenvalue weighted by molar-refractivity contribution is 0.213. The van der Waals surface area contributed by atoms with Crippen LogP contribution in [0.15, 0.2) is 39.6 Å². The second-order valence-electron chi connectivity index (χ2n) is 3.47. The van der Waals surface area contributed by atoms with Gasteiger partial charge in [0.25, 0.3) is 0 Å². The predicted octanol–water partition coefficient (Wildman–Crippen LogP) is 3.79. The number of ether oxygens (including phenoxy) is 1. The Morgan fingerprint density at radius 3 is 2.82 bits per heavy atom. The van der Waals surface area contributed by atoms with Crippen molar-refractivity contribution in [3.63, 3.8) is 0 Å². The number of aliphatic hydroxyl groups excluding tert-OH is 1. The maximum absolute atomic E-state index is 10.2. The molecule has 0 spiro atoms. The van der Waals surface area contributed by atoms with Crippen LogP contribution in [0.1, 0.15) is 17.2 Å². The van der Waals surface area contributed by atoms with Gasteiger partial charge in [0.15, 0.2) is 0 Å². The summed E-state index contributed by atoms with van der Waals surface area (Å²) in [6.07, 6.45) is 2.16. The van der Waals surface area contributed by atoms with Crippen molar-refractivity contribution in [2.45, 2.75) is 6.10 Å². The van der Waals surface area contributed by atoms with E-state index in [-0.39, 0.29) is 0 Å². The number of aliphatic hydroxyl groups is 1. The summed E-state index contributed by atoms with van der Waals surface area (Å²) < 4.78 is 10.9. The first-order valence-corrected chi connectivity index (χ1v) is 6.03. The molecule has 0 fully saturated rings. The van der Waals surface area contributed by atoms with Crippen molar-refractivity contribution in [2.24, 2.45) is 0 Å². The monoisotopic (exact) mass is 316 g/mol. The standard InChI is InChI=1S/C12H10BrClO3/c1-16-12-9(4-8(14)5-10(12)13)11(15)7-2-3-17-6-7/h2-6,11,15H,1H3. The van der Waals surface area contributed by atoms with Gasteiger partial charge in [-0.2, -0.15) is 0 Å². The number of furan rings is 1. The van der Waals surface area contributed by atoms with Crippen LogP contribution in [0.3, 0.4) is 0 Å². The SMILES string of the molecule is COc1c(Br)cc(Cl)cc1C(O)c1ccoc1. The van der Waals surface area contributed by atoms with Crippen LogP contribution in [-0.4, -0.2) is 12.2 Å². The number of methoxy groups -OCH3 is 1. The zero-order valence-corrected chi connectivity index (χ0v) is 11.3. The summed E-state index contributed by atoms with van der Waals surface area (Å²) in [5, 5.41) is 10.7. The maximum atomic E-state index is 10.2. The van der Waals surface area contributed by atoms with Gasteiger partial charge in [-0.3, -0.25) is 0 Å². The molecule has 0 radical (unpaired) electrons. The fourth-order valence-corrected chi connectivity index (χ4v) is 2.60. The van der Waals surface area contributed by atoms with E-state index in [1.807, 2.05) is 0 Å². The maximum Gasteiger partial charge on any atom is 0.139 e. The van der Waals surface area contributed by atoms with Gasteiger partial charge in [-0.05, 0) is 34.1 Å². The second-order valence-corrected chi connectivity index (χ2v) is 4.76. The van der Waals surface area contributed by atoms with Crippen molar-refractivity contribution in [1.82, 2.24) is 0 Å². The molecule has 2 rings (SSSR count). The van der Waals surface area contributed by atoms with Gasteiger partial charge in [0.05, 0.1) is 24.1 Å². The minimum Gasteiger partial charge on any atom is -0.495 e. The zero-order valence-electron chi connectivity index (χ0n) is 8.98. The van der Waals surface area contributed by atoms with E-state index < -0.39 is 6.10 Å². The third-order valence-corrected chi connectivity index (χ3v) is 3.20. The summed E-state index contributed by atoms with van der Waals surface area (Å²) in [5.74, 6) is 0.558. The normalized spacial score (nSPS) is 12.5. The van der Waals surface area contributed by atoms with Crippen LogP contribution in [0, 0.1) is 0 Å². The molecule has 0 amide bonds. The average Bonchev–Trinajstić information content (AvgIpc) is 2.80. The molecule has 17 heavy (non-hydrogen) atoms. The van der Waals surface area contributed by atoms with Crippen LogP contribution in [0.2, 0.25) is 5.02 Å². The summed E-state index contributed by atoms with van der Waals surface area (Å²) in [4.78, 5) is 0. The molecule has 0 bridgehead atoms. The summed E-state index contributed by atoms with van der Waals surface area (Å²) in [6.45, 7) is 0. The highest BCUT2D eigenvalue weighted by Crippen LogP contribution is 2.38. The first-order chi connectivity index (χ1) is 8.13. The van der Waals surface area contributed by atoms with Crippen LogP contribution >= 0.6 is 27.5 Å². The summed E-state index contributed by atoms with van der Waals surface area (Å²) in [5.41, 5.74) is 1.24. The van der Waals surface area contributed by atoms with Crippen molar-refractivity contribution in [3.05, 3.63) is 51.3 Å². The van der Waals surface area contributed by atoms with E-state index in [9.17, 15) is 5.11 Å². The van der Waals surface area contributed by atoms with E-state index in [4.69, 9.17) is 20.8 Å². The molecule has 0 aliphatic rings. The van der Waals surface area contributed by atoms with Crippen LogP contribution in [0.5, 0.6) is 5.75 Å². The third kappa shape index (κ3) is 2.49. The molecule has 1 unspecified atom stereocenters. The minimum absolute atomic E-state index is 0.523. The molecule has 3 nitrogen and oxygen atoms in total. The largest absolute Gasteiger partial charge is 0.495 e. The third-order valence-electron chi connectivity index (χ3n) is 2.39. The zero-order chi connectivity index (χ0) is 12.4. The van der Waals surface area contributed by atoms with Gasteiger partial charge < -0.3 is 14.3 Å². The Kier molecular flexibility index (Phi) is 3.76. The van der Waals surface area contributed by atoms with Crippen molar-refractivity contribution in [2.75, 3.05) is 7.11 Å². The molecule has 1 heterocycles. The lowest BCUT2D eigenvalue weighted by atomic mass is 10.0. The van der Waals surface area contributed by atoms with Crippen molar-refractivity contribution >= 4 is 27.5 Å². The lowest BCUT2D eigenvalue weighted by Crippen LogP contribution is -2.02. The Labute approximate surface area is 112 Å². The molecule has 1 aromatic heterocycles. The van der Waals surface area contributed by atoms with Crippen molar-refractivity contribution in [1.29, 1.82) is 0 Å². The van der Waals surface area contributed by atoms with Crippen LogP contribution in [0.4, 0.5) is 0 Å². The predicted molar refractivity (Wildman–Crippen MR) is 68.5 cm³/mol. The molecule has 1 N–H and O–H groups in total. The highest BCUT2D eigenvalue weighted by atomic mass is 79.9. The number of benzene rings is 1. The minimum atomic E-state index is -0.835. The number of rotatable bonds is 3. The van der Waals surface area contributed by atoms with Crippen LogP contribution < -0.4 is 4.74 Å². The highest BCUT2D eigenvalue weighted by Gasteiger charge is 2.19. The van der Waals surface area contributed by atoms with Crippen LogP contribution in [0.25, 0.3) is 0 Å². The topological polar surface area (TPSA) is 42.6 Å². The molecule has 0 aliphatic heterocycles. The lowest BCUT2D eigenvalue weighted by Gasteiger charge is -2.15. The Morgan fingerprint density at radius 2 is 2.24 bits per heavy atom. The summed E-state index contributed by atoms with van der Waals surface area (Å²) in [7, 11) is 1.54. The molecule has 90 valence electrons. The van der Waals surface area contributed by atoms with Gasteiger partial charge in [0, 0.05) is 16.1 Å². The number of hydrogen-bond donors (Lipinski definition) is 1. The van der Waals surface area contributed by atoms with E-state index in [1.54, 1.807) is 25.3 Å². The molecule has 0 saturated carbocycles. The average molecular weight is 318 g/mol. The van der Waals surface area contributed by atoms with Gasteiger partial charge in [0.1, 0.15) is 11.9 Å².